The Morgan fingerprint density at radius 2 is 2.30 bits per heavy atom. The SMILES string of the molecule is C=C[C@H]1CNCC[C@H]1CCCc1ccnc2ccc(OC)cc12. The number of nitrogens with one attached hydrogen (secondary N) is 1. The van der Waals surface area contributed by atoms with Gasteiger partial charge in [0.1, 0.15) is 5.75 Å². The summed E-state index contributed by atoms with van der Waals surface area (Å²) in [6.07, 6.45) is 8.89. The van der Waals surface area contributed by atoms with Crippen LogP contribution in [0.15, 0.2) is 43.1 Å². The van der Waals surface area contributed by atoms with Gasteiger partial charge in [-0.1, -0.05) is 6.08 Å². The van der Waals surface area contributed by atoms with Gasteiger partial charge in [-0.2, -0.15) is 0 Å². The average Bonchev–Trinajstić information content (AvgIpc) is 2.62. The van der Waals surface area contributed by atoms with Crippen LogP contribution in [-0.4, -0.2) is 25.2 Å². The maximum atomic E-state index is 5.36. The van der Waals surface area contributed by atoms with E-state index in [1.165, 1.54) is 30.2 Å². The number of fused-ring (bicyclic) bond motifs is 1. The summed E-state index contributed by atoms with van der Waals surface area (Å²) >= 11 is 0. The van der Waals surface area contributed by atoms with Gasteiger partial charge in [0.25, 0.3) is 0 Å². The molecule has 1 aliphatic rings. The maximum Gasteiger partial charge on any atom is 0.119 e. The van der Waals surface area contributed by atoms with Crippen LogP contribution in [0.25, 0.3) is 10.9 Å². The Labute approximate surface area is 138 Å². The van der Waals surface area contributed by atoms with Crippen LogP contribution in [0, 0.1) is 11.8 Å². The lowest BCUT2D eigenvalue weighted by atomic mass is 9.82. The molecule has 1 aliphatic heterocycles. The summed E-state index contributed by atoms with van der Waals surface area (Å²) in [4.78, 5) is 4.46. The van der Waals surface area contributed by atoms with Gasteiger partial charge in [-0.15, -0.1) is 6.58 Å². The fourth-order valence-electron chi connectivity index (χ4n) is 3.65. The Morgan fingerprint density at radius 3 is 3.13 bits per heavy atom. The fourth-order valence-corrected chi connectivity index (χ4v) is 3.65. The second-order valence-corrected chi connectivity index (χ2v) is 6.40. The Morgan fingerprint density at radius 1 is 1.39 bits per heavy atom. The molecule has 1 N–H and O–H groups in total. The lowest BCUT2D eigenvalue weighted by molar-refractivity contribution is 0.280. The molecule has 1 saturated heterocycles. The van der Waals surface area contributed by atoms with Crippen LogP contribution >= 0.6 is 0 Å². The van der Waals surface area contributed by atoms with E-state index in [2.05, 4.69) is 35.1 Å². The minimum Gasteiger partial charge on any atom is -0.497 e. The van der Waals surface area contributed by atoms with Gasteiger partial charge < -0.3 is 10.1 Å². The van der Waals surface area contributed by atoms with Crippen molar-refractivity contribution in [2.75, 3.05) is 20.2 Å². The van der Waals surface area contributed by atoms with Crippen molar-refractivity contribution in [1.29, 1.82) is 0 Å². The number of hydrogen-bond acceptors (Lipinski definition) is 3. The third-order valence-corrected chi connectivity index (χ3v) is 5.04. The molecule has 2 heterocycles. The van der Waals surface area contributed by atoms with Crippen molar-refractivity contribution in [2.24, 2.45) is 11.8 Å². The largest absolute Gasteiger partial charge is 0.497 e. The molecule has 2 atom stereocenters. The van der Waals surface area contributed by atoms with Crippen molar-refractivity contribution >= 4 is 10.9 Å². The zero-order valence-electron chi connectivity index (χ0n) is 13.9. The first-order valence-electron chi connectivity index (χ1n) is 8.56. The molecule has 2 aromatic rings. The van der Waals surface area contributed by atoms with E-state index in [-0.39, 0.29) is 0 Å². The molecule has 3 heteroatoms. The van der Waals surface area contributed by atoms with E-state index in [1.54, 1.807) is 7.11 Å². The molecule has 1 aromatic heterocycles. The van der Waals surface area contributed by atoms with Gasteiger partial charge >= 0.3 is 0 Å². The van der Waals surface area contributed by atoms with Crippen LogP contribution in [0.4, 0.5) is 0 Å². The van der Waals surface area contributed by atoms with Crippen molar-refractivity contribution in [3.05, 3.63) is 48.7 Å². The van der Waals surface area contributed by atoms with Gasteiger partial charge in [0.05, 0.1) is 12.6 Å². The summed E-state index contributed by atoms with van der Waals surface area (Å²) < 4.78 is 5.36. The number of nitrogens with zero attached hydrogens (tertiary/aromatic N) is 1. The summed E-state index contributed by atoms with van der Waals surface area (Å²) in [6.45, 7) is 6.23. The monoisotopic (exact) mass is 310 g/mol. The quantitative estimate of drug-likeness (QED) is 0.820. The van der Waals surface area contributed by atoms with E-state index in [9.17, 15) is 0 Å². The highest BCUT2D eigenvalue weighted by Gasteiger charge is 2.21. The first kappa shape index (κ1) is 16.0. The summed E-state index contributed by atoms with van der Waals surface area (Å²) in [7, 11) is 1.71. The number of pyridine rings is 1. The minimum atomic E-state index is 0.623. The number of benzene rings is 1. The summed E-state index contributed by atoms with van der Waals surface area (Å²) in [5.41, 5.74) is 2.42. The zero-order chi connectivity index (χ0) is 16.1. The van der Waals surface area contributed by atoms with Crippen molar-refractivity contribution in [3.63, 3.8) is 0 Å². The lowest BCUT2D eigenvalue weighted by Crippen LogP contribution is -2.35. The second-order valence-electron chi connectivity index (χ2n) is 6.40. The standard InChI is InChI=1S/C20H26N2O/c1-3-15-14-21-11-9-16(15)5-4-6-17-10-12-22-20-8-7-18(23-2)13-19(17)20/h3,7-8,10,12-13,15-16,21H,1,4-6,9,11,14H2,2H3/t15-,16+/m0/s1. The molecule has 0 bridgehead atoms. The molecule has 3 nitrogen and oxygen atoms in total. The van der Waals surface area contributed by atoms with Crippen LogP contribution in [0.2, 0.25) is 0 Å². The molecule has 0 radical (unpaired) electrons. The summed E-state index contributed by atoms with van der Waals surface area (Å²) in [6, 6.07) is 8.27. The van der Waals surface area contributed by atoms with Crippen molar-refractivity contribution in [1.82, 2.24) is 10.3 Å². The van der Waals surface area contributed by atoms with Gasteiger partial charge in [-0.25, -0.2) is 0 Å². The van der Waals surface area contributed by atoms with Gasteiger partial charge in [0.15, 0.2) is 0 Å². The van der Waals surface area contributed by atoms with E-state index >= 15 is 0 Å². The minimum absolute atomic E-state index is 0.623. The maximum absolute atomic E-state index is 5.36. The number of rotatable bonds is 6. The molecule has 0 spiro atoms. The molecular formula is C20H26N2O. The van der Waals surface area contributed by atoms with Crippen LogP contribution in [0.5, 0.6) is 5.75 Å². The van der Waals surface area contributed by atoms with Crippen molar-refractivity contribution < 1.29 is 4.74 Å². The Bertz CT molecular complexity index is 668. The number of aromatic nitrogens is 1. The van der Waals surface area contributed by atoms with Gasteiger partial charge in [0.2, 0.25) is 0 Å². The van der Waals surface area contributed by atoms with E-state index in [1.807, 2.05) is 18.3 Å². The first-order chi connectivity index (χ1) is 11.3. The summed E-state index contributed by atoms with van der Waals surface area (Å²) in [5, 5.41) is 4.69. The highest BCUT2D eigenvalue weighted by atomic mass is 16.5. The Kier molecular flexibility index (Phi) is 5.29. The fraction of sp³-hybridized carbons (Fsp3) is 0.450. The van der Waals surface area contributed by atoms with Gasteiger partial charge in [-0.3, -0.25) is 4.98 Å². The number of hydrogen-bond donors (Lipinski definition) is 1. The number of piperidine rings is 1. The molecular weight excluding hydrogens is 284 g/mol. The number of ether oxygens (including phenoxy) is 1. The van der Waals surface area contributed by atoms with Crippen LogP contribution in [0.3, 0.4) is 0 Å². The number of methoxy groups -OCH3 is 1. The third kappa shape index (κ3) is 3.73. The Hall–Kier alpha value is -1.87. The molecule has 23 heavy (non-hydrogen) atoms. The first-order valence-corrected chi connectivity index (χ1v) is 8.56. The van der Waals surface area contributed by atoms with Crippen molar-refractivity contribution in [3.8, 4) is 5.75 Å². The number of aryl methyl sites for hydroxylation is 1. The van der Waals surface area contributed by atoms with Crippen LogP contribution < -0.4 is 10.1 Å². The van der Waals surface area contributed by atoms with E-state index < -0.39 is 0 Å². The van der Waals surface area contributed by atoms with Crippen LogP contribution in [-0.2, 0) is 6.42 Å². The Balaban J connectivity index is 1.68. The third-order valence-electron chi connectivity index (χ3n) is 5.04. The normalized spacial score (nSPS) is 21.3. The molecule has 0 amide bonds. The summed E-state index contributed by atoms with van der Waals surface area (Å²) in [5.74, 6) is 2.30. The molecule has 122 valence electrons. The highest BCUT2D eigenvalue weighted by Crippen LogP contribution is 2.27. The van der Waals surface area contributed by atoms with E-state index in [0.717, 1.165) is 36.7 Å². The molecule has 0 unspecified atom stereocenters. The lowest BCUT2D eigenvalue weighted by Gasteiger charge is -2.30. The van der Waals surface area contributed by atoms with Crippen LogP contribution in [0.1, 0.15) is 24.8 Å². The highest BCUT2D eigenvalue weighted by molar-refractivity contribution is 5.83. The average molecular weight is 310 g/mol. The molecule has 3 rings (SSSR count). The molecule has 0 saturated carbocycles. The predicted molar refractivity (Wildman–Crippen MR) is 95.9 cm³/mol. The van der Waals surface area contributed by atoms with E-state index in [0.29, 0.717) is 5.92 Å². The topological polar surface area (TPSA) is 34.2 Å². The molecule has 0 aliphatic carbocycles. The molecule has 1 aromatic carbocycles. The van der Waals surface area contributed by atoms with E-state index in [4.69, 9.17) is 4.74 Å². The van der Waals surface area contributed by atoms with Gasteiger partial charge in [0, 0.05) is 18.1 Å². The zero-order valence-corrected chi connectivity index (χ0v) is 13.9. The smallest absolute Gasteiger partial charge is 0.119 e. The van der Waals surface area contributed by atoms with Crippen molar-refractivity contribution in [2.45, 2.75) is 25.7 Å². The second kappa shape index (κ2) is 7.60. The predicted octanol–water partition coefficient (Wildman–Crippen LogP) is 3.98. The molecule has 1 fully saturated rings. The van der Waals surface area contributed by atoms with Gasteiger partial charge in [-0.05, 0) is 73.9 Å².